The van der Waals surface area contributed by atoms with Gasteiger partial charge in [0, 0.05) is 18.2 Å². The van der Waals surface area contributed by atoms with Gasteiger partial charge in [-0.2, -0.15) is 9.94 Å². The van der Waals surface area contributed by atoms with E-state index in [-0.39, 0.29) is 6.10 Å². The predicted octanol–water partition coefficient (Wildman–Crippen LogP) is 1.45. The summed E-state index contributed by atoms with van der Waals surface area (Å²) >= 11 is 1.46. The SMILES string of the molecule is N#Cc1nnn(-c2nccs2)c1C1CCCO1. The van der Waals surface area contributed by atoms with E-state index < -0.39 is 0 Å². The second-order valence-corrected chi connectivity index (χ2v) is 4.54. The molecule has 0 radical (unpaired) electrons. The molecule has 1 aliphatic heterocycles. The molecule has 6 nitrogen and oxygen atoms in total. The lowest BCUT2D eigenvalue weighted by atomic mass is 10.1. The standard InChI is InChI=1S/C10H9N5OS/c11-6-7-9(8-2-1-4-16-8)15(14-13-7)10-12-3-5-17-10/h3,5,8H,1-2,4H2. The highest BCUT2D eigenvalue weighted by Crippen LogP contribution is 2.31. The highest BCUT2D eigenvalue weighted by atomic mass is 32.1. The number of ether oxygens (including phenoxy) is 1. The number of rotatable bonds is 2. The first-order valence-corrected chi connectivity index (χ1v) is 6.15. The molecule has 3 heterocycles. The molecule has 0 aliphatic carbocycles. The lowest BCUT2D eigenvalue weighted by Gasteiger charge is -2.09. The lowest BCUT2D eigenvalue weighted by Crippen LogP contribution is -2.08. The molecule has 0 N–H and O–H groups in total. The minimum absolute atomic E-state index is 0.0939. The first-order chi connectivity index (χ1) is 8.40. The van der Waals surface area contributed by atoms with Crippen LogP contribution in [0.4, 0.5) is 0 Å². The van der Waals surface area contributed by atoms with Crippen molar-refractivity contribution in [2.75, 3.05) is 6.61 Å². The summed E-state index contributed by atoms with van der Waals surface area (Å²) in [6, 6.07) is 2.06. The molecule has 1 unspecified atom stereocenters. The number of hydrogen-bond donors (Lipinski definition) is 0. The van der Waals surface area contributed by atoms with Gasteiger partial charge in [-0.1, -0.05) is 5.21 Å². The maximum absolute atomic E-state index is 9.05. The van der Waals surface area contributed by atoms with Crippen LogP contribution in [0.15, 0.2) is 11.6 Å². The summed E-state index contributed by atoms with van der Waals surface area (Å²) in [5, 5.41) is 19.5. The van der Waals surface area contributed by atoms with Crippen LogP contribution in [0.3, 0.4) is 0 Å². The van der Waals surface area contributed by atoms with Crippen molar-refractivity contribution >= 4 is 11.3 Å². The van der Waals surface area contributed by atoms with Crippen LogP contribution in [0, 0.1) is 11.3 Å². The van der Waals surface area contributed by atoms with Crippen LogP contribution < -0.4 is 0 Å². The van der Waals surface area contributed by atoms with Crippen LogP contribution in [-0.4, -0.2) is 26.6 Å². The summed E-state index contributed by atoms with van der Waals surface area (Å²) in [6.07, 6.45) is 3.50. The molecule has 0 amide bonds. The van der Waals surface area contributed by atoms with Crippen molar-refractivity contribution in [3.8, 4) is 11.2 Å². The fraction of sp³-hybridized carbons (Fsp3) is 0.400. The molecule has 2 aromatic heterocycles. The Morgan fingerprint density at radius 2 is 2.53 bits per heavy atom. The van der Waals surface area contributed by atoms with Crippen LogP contribution in [0.25, 0.3) is 5.13 Å². The van der Waals surface area contributed by atoms with Crippen molar-refractivity contribution < 1.29 is 4.74 Å². The lowest BCUT2D eigenvalue weighted by molar-refractivity contribution is 0.106. The maximum atomic E-state index is 9.05. The molecule has 7 heteroatoms. The van der Waals surface area contributed by atoms with E-state index in [0.29, 0.717) is 10.8 Å². The van der Waals surface area contributed by atoms with E-state index in [4.69, 9.17) is 10.00 Å². The Balaban J connectivity index is 2.10. The number of hydrogen-bond acceptors (Lipinski definition) is 6. The molecule has 1 atom stereocenters. The van der Waals surface area contributed by atoms with E-state index >= 15 is 0 Å². The molecule has 0 aromatic carbocycles. The highest BCUT2D eigenvalue weighted by Gasteiger charge is 2.27. The van der Waals surface area contributed by atoms with Crippen molar-refractivity contribution in [3.63, 3.8) is 0 Å². The van der Waals surface area contributed by atoms with Crippen LogP contribution in [-0.2, 0) is 4.74 Å². The molecule has 1 fully saturated rings. The van der Waals surface area contributed by atoms with E-state index in [2.05, 4.69) is 21.4 Å². The molecule has 0 saturated carbocycles. The van der Waals surface area contributed by atoms with Crippen molar-refractivity contribution in [3.05, 3.63) is 23.0 Å². The molecule has 2 aromatic rings. The third kappa shape index (κ3) is 1.71. The Hall–Kier alpha value is -1.78. The Labute approximate surface area is 101 Å². The number of thiazole rings is 1. The average Bonchev–Trinajstić information content (AvgIpc) is 3.09. The van der Waals surface area contributed by atoms with Crippen molar-refractivity contribution in [2.45, 2.75) is 18.9 Å². The summed E-state index contributed by atoms with van der Waals surface area (Å²) < 4.78 is 7.21. The van der Waals surface area contributed by atoms with Gasteiger partial charge in [0.05, 0.1) is 0 Å². The van der Waals surface area contributed by atoms with Crippen LogP contribution in [0.2, 0.25) is 0 Å². The fourth-order valence-electron chi connectivity index (χ4n) is 1.91. The second kappa shape index (κ2) is 4.24. The van der Waals surface area contributed by atoms with E-state index in [1.807, 2.05) is 5.38 Å². The quantitative estimate of drug-likeness (QED) is 0.802. The van der Waals surface area contributed by atoms with Crippen molar-refractivity contribution in [1.29, 1.82) is 5.26 Å². The van der Waals surface area contributed by atoms with Gasteiger partial charge in [0.15, 0.2) is 5.69 Å². The third-order valence-corrected chi connectivity index (χ3v) is 3.39. The van der Waals surface area contributed by atoms with Gasteiger partial charge in [-0.3, -0.25) is 0 Å². The fourth-order valence-corrected chi connectivity index (χ4v) is 2.51. The third-order valence-electron chi connectivity index (χ3n) is 2.65. The van der Waals surface area contributed by atoms with Gasteiger partial charge in [0.1, 0.15) is 17.9 Å². The van der Waals surface area contributed by atoms with E-state index in [1.54, 1.807) is 10.9 Å². The minimum atomic E-state index is -0.0939. The average molecular weight is 247 g/mol. The molecule has 0 spiro atoms. The summed E-state index contributed by atoms with van der Waals surface area (Å²) in [5.74, 6) is 0. The van der Waals surface area contributed by atoms with Crippen LogP contribution in [0.1, 0.15) is 30.3 Å². The first kappa shape index (κ1) is 10.4. The normalized spacial score (nSPS) is 19.4. The van der Waals surface area contributed by atoms with Gasteiger partial charge in [-0.05, 0) is 12.8 Å². The maximum Gasteiger partial charge on any atom is 0.212 e. The molecule has 0 bridgehead atoms. The molecule has 1 saturated heterocycles. The van der Waals surface area contributed by atoms with Gasteiger partial charge in [0.2, 0.25) is 5.13 Å². The molecule has 3 rings (SSSR count). The Kier molecular flexibility index (Phi) is 2.59. The zero-order chi connectivity index (χ0) is 11.7. The molecule has 17 heavy (non-hydrogen) atoms. The van der Waals surface area contributed by atoms with Crippen LogP contribution in [0.5, 0.6) is 0 Å². The molecular formula is C10H9N5OS. The molecule has 86 valence electrons. The summed E-state index contributed by atoms with van der Waals surface area (Å²) in [4.78, 5) is 4.18. The van der Waals surface area contributed by atoms with E-state index in [0.717, 1.165) is 25.1 Å². The monoisotopic (exact) mass is 247 g/mol. The van der Waals surface area contributed by atoms with Gasteiger partial charge < -0.3 is 4.74 Å². The number of aromatic nitrogens is 4. The second-order valence-electron chi connectivity index (χ2n) is 3.66. The zero-order valence-electron chi connectivity index (χ0n) is 8.91. The smallest absolute Gasteiger partial charge is 0.212 e. The summed E-state index contributed by atoms with van der Waals surface area (Å²) in [6.45, 7) is 0.721. The zero-order valence-corrected chi connectivity index (χ0v) is 9.72. The van der Waals surface area contributed by atoms with Gasteiger partial charge >= 0.3 is 0 Å². The van der Waals surface area contributed by atoms with Crippen LogP contribution >= 0.6 is 11.3 Å². The first-order valence-electron chi connectivity index (χ1n) is 5.27. The Morgan fingerprint density at radius 1 is 1.59 bits per heavy atom. The molecule has 1 aliphatic rings. The summed E-state index contributed by atoms with van der Waals surface area (Å²) in [5.41, 5.74) is 1.05. The summed E-state index contributed by atoms with van der Waals surface area (Å²) in [7, 11) is 0. The Bertz CT molecular complexity index is 550. The van der Waals surface area contributed by atoms with Crippen molar-refractivity contribution in [1.82, 2.24) is 20.0 Å². The highest BCUT2D eigenvalue weighted by molar-refractivity contribution is 7.12. The van der Waals surface area contributed by atoms with Gasteiger partial charge in [-0.25, -0.2) is 4.98 Å². The van der Waals surface area contributed by atoms with E-state index in [9.17, 15) is 0 Å². The van der Waals surface area contributed by atoms with E-state index in [1.165, 1.54) is 11.3 Å². The number of nitriles is 1. The van der Waals surface area contributed by atoms with Crippen molar-refractivity contribution in [2.24, 2.45) is 0 Å². The molecular weight excluding hydrogens is 238 g/mol. The largest absolute Gasteiger partial charge is 0.372 e. The number of nitrogens with zero attached hydrogens (tertiary/aromatic N) is 5. The van der Waals surface area contributed by atoms with Gasteiger partial charge in [-0.15, -0.1) is 16.4 Å². The Morgan fingerprint density at radius 3 is 3.18 bits per heavy atom. The van der Waals surface area contributed by atoms with Gasteiger partial charge in [0.25, 0.3) is 0 Å². The topological polar surface area (TPSA) is 76.6 Å². The minimum Gasteiger partial charge on any atom is -0.372 e. The predicted molar refractivity (Wildman–Crippen MR) is 59.7 cm³/mol.